The molecule has 6 nitrogen and oxygen atoms in total. The Bertz CT molecular complexity index is 1280. The Balaban J connectivity index is 2.04. The van der Waals surface area contributed by atoms with Crippen LogP contribution in [0.25, 0.3) is 16.7 Å². The maximum Gasteiger partial charge on any atom is 0.352 e. The second kappa shape index (κ2) is 6.70. The molecule has 0 aliphatic heterocycles. The number of nitrogens with zero attached hydrogens (tertiary/aromatic N) is 4. The third-order valence-corrected chi connectivity index (χ3v) is 4.84. The number of hydrogen-bond acceptors (Lipinski definition) is 3. The topological polar surface area (TPSA) is 61.3 Å². The van der Waals surface area contributed by atoms with Gasteiger partial charge in [0.15, 0.2) is 0 Å². The van der Waals surface area contributed by atoms with E-state index in [0.717, 1.165) is 17.5 Å². The minimum Gasteiger partial charge on any atom is -0.276 e. The molecule has 0 saturated heterocycles. The zero-order chi connectivity index (χ0) is 19.1. The fourth-order valence-electron chi connectivity index (χ4n) is 3.40. The summed E-state index contributed by atoms with van der Waals surface area (Å²) in [6.45, 7) is 4.81. The van der Waals surface area contributed by atoms with E-state index in [9.17, 15) is 9.59 Å². The zero-order valence-electron chi connectivity index (χ0n) is 15.1. The third-order valence-electron chi connectivity index (χ3n) is 4.60. The summed E-state index contributed by atoms with van der Waals surface area (Å²) < 4.78 is 4.44. The number of halogens is 1. The highest BCUT2D eigenvalue weighted by molar-refractivity contribution is 6.31. The second-order valence-corrected chi connectivity index (χ2v) is 7.12. The van der Waals surface area contributed by atoms with Crippen molar-refractivity contribution in [3.8, 4) is 0 Å². The van der Waals surface area contributed by atoms with Crippen LogP contribution in [0.3, 0.4) is 0 Å². The number of fused-ring (bicyclic) bond motifs is 3. The Hall–Kier alpha value is -2.86. The van der Waals surface area contributed by atoms with Gasteiger partial charge in [-0.15, -0.1) is 5.10 Å². The van der Waals surface area contributed by atoms with E-state index in [1.54, 1.807) is 22.8 Å². The van der Waals surface area contributed by atoms with Crippen LogP contribution in [-0.4, -0.2) is 18.7 Å². The van der Waals surface area contributed by atoms with Crippen LogP contribution >= 0.6 is 11.6 Å². The van der Waals surface area contributed by atoms with Crippen molar-refractivity contribution in [3.05, 3.63) is 79.5 Å². The van der Waals surface area contributed by atoms with E-state index in [1.807, 2.05) is 38.1 Å². The van der Waals surface area contributed by atoms with Crippen molar-refractivity contribution >= 4 is 28.3 Å². The Labute approximate surface area is 160 Å². The molecular formula is C20H19ClN4O2. The highest BCUT2D eigenvalue weighted by Crippen LogP contribution is 2.17. The first-order valence-corrected chi connectivity index (χ1v) is 9.24. The Morgan fingerprint density at radius 1 is 1.11 bits per heavy atom. The summed E-state index contributed by atoms with van der Waals surface area (Å²) in [7, 11) is 0. The van der Waals surface area contributed by atoms with E-state index in [0.29, 0.717) is 34.8 Å². The lowest BCUT2D eigenvalue weighted by atomic mass is 10.1. The molecular weight excluding hydrogens is 364 g/mol. The minimum absolute atomic E-state index is 0.163. The van der Waals surface area contributed by atoms with Crippen molar-refractivity contribution in [2.75, 3.05) is 0 Å². The van der Waals surface area contributed by atoms with Gasteiger partial charge in [0.2, 0.25) is 5.78 Å². The molecule has 4 aromatic rings. The fourth-order valence-corrected chi connectivity index (χ4v) is 3.57. The van der Waals surface area contributed by atoms with E-state index < -0.39 is 0 Å². The van der Waals surface area contributed by atoms with Crippen molar-refractivity contribution in [2.45, 2.75) is 33.4 Å². The van der Waals surface area contributed by atoms with Gasteiger partial charge in [0, 0.05) is 11.6 Å². The van der Waals surface area contributed by atoms with Gasteiger partial charge in [-0.3, -0.25) is 9.36 Å². The van der Waals surface area contributed by atoms with Crippen molar-refractivity contribution in [2.24, 2.45) is 0 Å². The molecule has 2 heterocycles. The molecule has 0 unspecified atom stereocenters. The predicted molar refractivity (Wildman–Crippen MR) is 107 cm³/mol. The molecule has 0 radical (unpaired) electrons. The van der Waals surface area contributed by atoms with Gasteiger partial charge in [-0.2, -0.15) is 0 Å². The normalized spacial score (nSPS) is 11.5. The quantitative estimate of drug-likeness (QED) is 0.544. The van der Waals surface area contributed by atoms with Gasteiger partial charge in [0.05, 0.1) is 17.4 Å². The summed E-state index contributed by atoms with van der Waals surface area (Å²) in [6, 6.07) is 12.9. The average Bonchev–Trinajstić information content (AvgIpc) is 2.95. The summed E-state index contributed by atoms with van der Waals surface area (Å²) in [5.41, 5.74) is 2.12. The van der Waals surface area contributed by atoms with Crippen LogP contribution in [0.15, 0.2) is 52.1 Å². The molecule has 138 valence electrons. The van der Waals surface area contributed by atoms with E-state index >= 15 is 0 Å². The van der Waals surface area contributed by atoms with Crippen molar-refractivity contribution in [3.63, 3.8) is 0 Å². The molecule has 0 spiro atoms. The molecule has 0 fully saturated rings. The molecule has 2 aromatic carbocycles. The summed E-state index contributed by atoms with van der Waals surface area (Å²) in [5.74, 6) is 0.342. The smallest absolute Gasteiger partial charge is 0.276 e. The number of rotatable bonds is 4. The highest BCUT2D eigenvalue weighted by atomic mass is 35.5. The zero-order valence-corrected chi connectivity index (χ0v) is 15.9. The summed E-state index contributed by atoms with van der Waals surface area (Å²) in [4.78, 5) is 26.0. The summed E-state index contributed by atoms with van der Waals surface area (Å²) in [5, 5.41) is 5.41. The first-order chi connectivity index (χ1) is 13.0. The number of benzene rings is 2. The largest absolute Gasteiger partial charge is 0.352 e. The molecule has 0 aliphatic carbocycles. The van der Waals surface area contributed by atoms with Crippen LogP contribution in [0.2, 0.25) is 5.02 Å². The van der Waals surface area contributed by atoms with E-state index in [4.69, 9.17) is 11.6 Å². The molecule has 0 amide bonds. The first kappa shape index (κ1) is 17.5. The van der Waals surface area contributed by atoms with Gasteiger partial charge in [-0.25, -0.2) is 13.9 Å². The lowest BCUT2D eigenvalue weighted by Crippen LogP contribution is -2.26. The maximum atomic E-state index is 13.1. The molecule has 2 aromatic heterocycles. The van der Waals surface area contributed by atoms with Crippen LogP contribution in [0.4, 0.5) is 0 Å². The van der Waals surface area contributed by atoms with E-state index in [-0.39, 0.29) is 11.2 Å². The second-order valence-electron chi connectivity index (χ2n) is 6.68. The van der Waals surface area contributed by atoms with Crippen LogP contribution in [0.5, 0.6) is 0 Å². The van der Waals surface area contributed by atoms with Crippen LogP contribution in [-0.2, 0) is 13.1 Å². The van der Waals surface area contributed by atoms with Gasteiger partial charge in [0.25, 0.3) is 5.56 Å². The van der Waals surface area contributed by atoms with Crippen molar-refractivity contribution in [1.29, 1.82) is 0 Å². The number of hydrogen-bond donors (Lipinski definition) is 0. The molecule has 0 aliphatic rings. The molecule has 4 rings (SSSR count). The van der Waals surface area contributed by atoms with E-state index in [1.165, 1.54) is 9.08 Å². The predicted octanol–water partition coefficient (Wildman–Crippen LogP) is 3.23. The molecule has 0 saturated carbocycles. The summed E-state index contributed by atoms with van der Waals surface area (Å²) >= 11 is 6.13. The van der Waals surface area contributed by atoms with Crippen molar-refractivity contribution in [1.82, 2.24) is 18.7 Å². The van der Waals surface area contributed by atoms with Gasteiger partial charge in [-0.1, -0.05) is 48.4 Å². The molecule has 27 heavy (non-hydrogen) atoms. The average molecular weight is 383 g/mol. The van der Waals surface area contributed by atoms with Crippen LogP contribution in [0.1, 0.15) is 24.5 Å². The number of aromatic nitrogens is 4. The lowest BCUT2D eigenvalue weighted by Gasteiger charge is -2.08. The molecule has 0 bridgehead atoms. The Kier molecular flexibility index (Phi) is 4.36. The molecule has 7 heteroatoms. The van der Waals surface area contributed by atoms with E-state index in [2.05, 4.69) is 5.10 Å². The minimum atomic E-state index is -0.288. The third kappa shape index (κ3) is 2.96. The SMILES string of the molecule is CCCn1c(=O)c2ccc(Cl)cc2n2c(=O)n(Cc3cccc(C)c3)nc12. The maximum absolute atomic E-state index is 13.1. The van der Waals surface area contributed by atoms with Gasteiger partial charge in [-0.05, 0) is 37.1 Å². The molecule has 0 atom stereocenters. The Morgan fingerprint density at radius 3 is 2.67 bits per heavy atom. The van der Waals surface area contributed by atoms with Gasteiger partial charge in [0.1, 0.15) is 0 Å². The Morgan fingerprint density at radius 2 is 1.93 bits per heavy atom. The lowest BCUT2D eigenvalue weighted by molar-refractivity contribution is 0.639. The number of aryl methyl sites for hydroxylation is 2. The monoisotopic (exact) mass is 382 g/mol. The van der Waals surface area contributed by atoms with Gasteiger partial charge >= 0.3 is 5.69 Å². The fraction of sp³-hybridized carbons (Fsp3) is 0.250. The van der Waals surface area contributed by atoms with Crippen LogP contribution in [0, 0.1) is 6.92 Å². The standard InChI is InChI=1S/C20H19ClN4O2/c1-3-9-23-18(26)16-8-7-15(21)11-17(16)25-19(23)22-24(20(25)27)12-14-6-4-5-13(2)10-14/h4-8,10-11H,3,9,12H2,1-2H3. The van der Waals surface area contributed by atoms with Gasteiger partial charge < -0.3 is 0 Å². The molecule has 0 N–H and O–H groups in total. The van der Waals surface area contributed by atoms with Crippen molar-refractivity contribution < 1.29 is 0 Å². The van der Waals surface area contributed by atoms with Crippen LogP contribution < -0.4 is 11.2 Å². The highest BCUT2D eigenvalue weighted by Gasteiger charge is 2.17. The first-order valence-electron chi connectivity index (χ1n) is 8.86. The summed E-state index contributed by atoms with van der Waals surface area (Å²) in [6.07, 6.45) is 0.758.